The third kappa shape index (κ3) is 4.69. The van der Waals surface area contributed by atoms with E-state index < -0.39 is 0 Å². The minimum absolute atomic E-state index is 0.125. The van der Waals surface area contributed by atoms with E-state index in [1.165, 1.54) is 23.1 Å². The molecule has 1 aromatic carbocycles. The Hall–Kier alpha value is -1.16. The zero-order chi connectivity index (χ0) is 16.9. The highest BCUT2D eigenvalue weighted by atomic mass is 79.9. The van der Waals surface area contributed by atoms with Gasteiger partial charge in [0.1, 0.15) is 0 Å². The molecule has 0 bridgehead atoms. The van der Waals surface area contributed by atoms with Crippen LogP contribution in [0.25, 0.3) is 0 Å². The highest BCUT2D eigenvalue weighted by Crippen LogP contribution is 2.31. The summed E-state index contributed by atoms with van der Waals surface area (Å²) >= 11 is 6.33. The predicted octanol–water partition coefficient (Wildman–Crippen LogP) is 3.38. The summed E-state index contributed by atoms with van der Waals surface area (Å²) in [7, 11) is 0. The SMILES string of the molecule is CC(Sc1nnc(Nc2cccc(Br)c2)s1)C(=O)N1CCOCC1. The average Bonchev–Trinajstić information content (AvgIpc) is 3.02. The normalized spacial score (nSPS) is 16.0. The second-order valence-electron chi connectivity index (χ2n) is 5.21. The Morgan fingerprint density at radius 1 is 1.42 bits per heavy atom. The number of aromatic nitrogens is 2. The average molecular weight is 429 g/mol. The first-order valence-corrected chi connectivity index (χ1v) is 10.00. The molecule has 128 valence electrons. The van der Waals surface area contributed by atoms with Crippen LogP contribution < -0.4 is 5.32 Å². The molecule has 1 fully saturated rings. The lowest BCUT2D eigenvalue weighted by Crippen LogP contribution is -2.44. The van der Waals surface area contributed by atoms with Crippen molar-refractivity contribution in [3.05, 3.63) is 28.7 Å². The number of morpholine rings is 1. The van der Waals surface area contributed by atoms with Gasteiger partial charge < -0.3 is 15.0 Å². The number of hydrogen-bond donors (Lipinski definition) is 1. The van der Waals surface area contributed by atoms with Crippen LogP contribution in [0.1, 0.15) is 6.92 Å². The molecular formula is C15H17BrN4O2S2. The smallest absolute Gasteiger partial charge is 0.236 e. The number of carbonyl (C=O) groups is 1. The predicted molar refractivity (Wildman–Crippen MR) is 100 cm³/mol. The third-order valence-corrected chi connectivity index (χ3v) is 5.93. The van der Waals surface area contributed by atoms with Crippen molar-refractivity contribution in [1.82, 2.24) is 15.1 Å². The quantitative estimate of drug-likeness (QED) is 0.736. The van der Waals surface area contributed by atoms with Crippen molar-refractivity contribution >= 4 is 55.8 Å². The number of carbonyl (C=O) groups excluding carboxylic acids is 1. The number of thioether (sulfide) groups is 1. The molecule has 1 atom stereocenters. The largest absolute Gasteiger partial charge is 0.378 e. The molecule has 0 aliphatic carbocycles. The number of nitrogens with one attached hydrogen (secondary N) is 1. The molecule has 24 heavy (non-hydrogen) atoms. The van der Waals surface area contributed by atoms with Crippen molar-refractivity contribution in [2.45, 2.75) is 16.5 Å². The first-order chi connectivity index (χ1) is 11.6. The molecule has 1 N–H and O–H groups in total. The third-order valence-electron chi connectivity index (χ3n) is 3.43. The molecule has 1 aromatic heterocycles. The van der Waals surface area contributed by atoms with Gasteiger partial charge in [-0.05, 0) is 25.1 Å². The van der Waals surface area contributed by atoms with Gasteiger partial charge in [-0.2, -0.15) is 0 Å². The molecule has 1 aliphatic heterocycles. The van der Waals surface area contributed by atoms with Crippen molar-refractivity contribution < 1.29 is 9.53 Å². The summed E-state index contributed by atoms with van der Waals surface area (Å²) in [4.78, 5) is 14.3. The van der Waals surface area contributed by atoms with Crippen molar-refractivity contribution in [3.63, 3.8) is 0 Å². The van der Waals surface area contributed by atoms with Crippen LogP contribution in [0.15, 0.2) is 33.1 Å². The van der Waals surface area contributed by atoms with Gasteiger partial charge in [0.15, 0.2) is 4.34 Å². The molecule has 1 amide bonds. The molecule has 0 saturated carbocycles. The van der Waals surface area contributed by atoms with Gasteiger partial charge in [-0.25, -0.2) is 0 Å². The van der Waals surface area contributed by atoms with Gasteiger partial charge in [-0.1, -0.05) is 45.1 Å². The van der Waals surface area contributed by atoms with Crippen molar-refractivity contribution in [2.24, 2.45) is 0 Å². The first kappa shape index (κ1) is 17.7. The van der Waals surface area contributed by atoms with Crippen LogP contribution in [-0.4, -0.2) is 52.6 Å². The lowest BCUT2D eigenvalue weighted by atomic mass is 10.3. The number of hydrogen-bond acceptors (Lipinski definition) is 7. The Morgan fingerprint density at radius 3 is 2.96 bits per heavy atom. The van der Waals surface area contributed by atoms with Crippen molar-refractivity contribution in [3.8, 4) is 0 Å². The molecule has 2 heterocycles. The summed E-state index contributed by atoms with van der Waals surface area (Å²) in [5, 5.41) is 12.1. The Morgan fingerprint density at radius 2 is 2.21 bits per heavy atom. The van der Waals surface area contributed by atoms with E-state index in [0.29, 0.717) is 31.4 Å². The molecule has 1 saturated heterocycles. The van der Waals surface area contributed by atoms with Crippen LogP contribution >= 0.6 is 39.0 Å². The van der Waals surface area contributed by atoms with Crippen LogP contribution in [0, 0.1) is 0 Å². The molecule has 1 unspecified atom stereocenters. The van der Waals surface area contributed by atoms with Gasteiger partial charge >= 0.3 is 0 Å². The number of halogens is 1. The molecule has 2 aromatic rings. The number of amides is 1. The number of nitrogens with zero attached hydrogens (tertiary/aromatic N) is 3. The summed E-state index contributed by atoms with van der Waals surface area (Å²) in [6, 6.07) is 7.85. The lowest BCUT2D eigenvalue weighted by Gasteiger charge is -2.28. The standard InChI is InChI=1S/C15H17BrN4O2S2/c1-10(13(21)20-5-7-22-8-6-20)23-15-19-18-14(24-15)17-12-4-2-3-11(16)9-12/h2-4,9-10H,5-8H2,1H3,(H,17,18). The summed E-state index contributed by atoms with van der Waals surface area (Å²) in [6.07, 6.45) is 0. The van der Waals surface area contributed by atoms with Crippen LogP contribution in [0.5, 0.6) is 0 Å². The Bertz CT molecular complexity index is 706. The van der Waals surface area contributed by atoms with Gasteiger partial charge in [0.05, 0.1) is 18.5 Å². The fourth-order valence-corrected chi connectivity index (χ4v) is 4.64. The molecule has 3 rings (SSSR count). The van der Waals surface area contributed by atoms with Crippen molar-refractivity contribution in [1.29, 1.82) is 0 Å². The number of ether oxygens (including phenoxy) is 1. The minimum atomic E-state index is -0.185. The fourth-order valence-electron chi connectivity index (χ4n) is 2.24. The zero-order valence-electron chi connectivity index (χ0n) is 13.1. The summed E-state index contributed by atoms with van der Waals surface area (Å²) < 4.78 is 7.06. The molecule has 1 aliphatic rings. The number of rotatable bonds is 5. The number of benzene rings is 1. The van der Waals surface area contributed by atoms with Gasteiger partial charge in [0.25, 0.3) is 0 Å². The summed E-state index contributed by atoms with van der Waals surface area (Å²) in [5.41, 5.74) is 0.939. The molecule has 0 spiro atoms. The Labute approximate surface area is 157 Å². The van der Waals surface area contributed by atoms with Gasteiger partial charge in [0.2, 0.25) is 11.0 Å². The van der Waals surface area contributed by atoms with Crippen molar-refractivity contribution in [2.75, 3.05) is 31.6 Å². The Kier molecular flexibility index (Phi) is 6.09. The number of anilines is 2. The monoisotopic (exact) mass is 428 g/mol. The van der Waals surface area contributed by atoms with Crippen LogP contribution in [0.4, 0.5) is 10.8 Å². The highest BCUT2D eigenvalue weighted by Gasteiger charge is 2.24. The first-order valence-electron chi connectivity index (χ1n) is 7.51. The molecule has 9 heteroatoms. The summed E-state index contributed by atoms with van der Waals surface area (Å²) in [6.45, 7) is 4.46. The van der Waals surface area contributed by atoms with Crippen LogP contribution in [0.3, 0.4) is 0 Å². The maximum absolute atomic E-state index is 12.4. The highest BCUT2D eigenvalue weighted by molar-refractivity contribution is 9.10. The Balaban J connectivity index is 1.58. The van der Waals surface area contributed by atoms with E-state index in [9.17, 15) is 4.79 Å². The van der Waals surface area contributed by atoms with E-state index in [-0.39, 0.29) is 11.2 Å². The van der Waals surface area contributed by atoms with E-state index in [4.69, 9.17) is 4.74 Å². The van der Waals surface area contributed by atoms with Gasteiger partial charge in [-0.3, -0.25) is 4.79 Å². The van der Waals surface area contributed by atoms with E-state index in [0.717, 1.165) is 14.5 Å². The lowest BCUT2D eigenvalue weighted by molar-refractivity contribution is -0.134. The molecular weight excluding hydrogens is 412 g/mol. The van der Waals surface area contributed by atoms with Crippen LogP contribution in [-0.2, 0) is 9.53 Å². The maximum Gasteiger partial charge on any atom is 0.236 e. The molecule has 0 radical (unpaired) electrons. The van der Waals surface area contributed by atoms with Crippen LogP contribution in [0.2, 0.25) is 0 Å². The molecule has 6 nitrogen and oxygen atoms in total. The van der Waals surface area contributed by atoms with Gasteiger partial charge in [-0.15, -0.1) is 10.2 Å². The van der Waals surface area contributed by atoms with E-state index in [1.54, 1.807) is 0 Å². The zero-order valence-corrected chi connectivity index (χ0v) is 16.3. The van der Waals surface area contributed by atoms with Gasteiger partial charge in [0, 0.05) is 23.2 Å². The van der Waals surface area contributed by atoms with E-state index in [2.05, 4.69) is 31.4 Å². The minimum Gasteiger partial charge on any atom is -0.378 e. The second-order valence-corrected chi connectivity index (χ2v) is 8.69. The van der Waals surface area contributed by atoms with E-state index >= 15 is 0 Å². The maximum atomic E-state index is 12.4. The summed E-state index contributed by atoms with van der Waals surface area (Å²) in [5.74, 6) is 0.125. The topological polar surface area (TPSA) is 67.4 Å². The van der Waals surface area contributed by atoms with E-state index in [1.807, 2.05) is 36.1 Å². The second kappa shape index (κ2) is 8.28. The fraction of sp³-hybridized carbons (Fsp3) is 0.400.